The van der Waals surface area contributed by atoms with E-state index >= 15 is 0 Å². The lowest BCUT2D eigenvalue weighted by atomic mass is 10.1. The van der Waals surface area contributed by atoms with E-state index in [1.54, 1.807) is 7.11 Å². The van der Waals surface area contributed by atoms with E-state index < -0.39 is 24.3 Å². The lowest BCUT2D eigenvalue weighted by molar-refractivity contribution is -0.248. The van der Waals surface area contributed by atoms with Gasteiger partial charge in [0.2, 0.25) is 0 Å². The summed E-state index contributed by atoms with van der Waals surface area (Å²) in [5, 5.41) is 9.53. The Morgan fingerprint density at radius 2 is 1.80 bits per heavy atom. The number of ether oxygens (including phenoxy) is 6. The van der Waals surface area contributed by atoms with E-state index in [0.717, 1.165) is 11.3 Å². The Bertz CT molecular complexity index is 555. The van der Waals surface area contributed by atoms with Gasteiger partial charge in [-0.15, -0.1) is 0 Å². The zero-order valence-corrected chi connectivity index (χ0v) is 15.0. The lowest BCUT2D eigenvalue weighted by Gasteiger charge is -2.27. The largest absolute Gasteiger partial charge is 0.497 e. The van der Waals surface area contributed by atoms with Crippen LogP contribution >= 0.6 is 0 Å². The summed E-state index contributed by atoms with van der Waals surface area (Å²) >= 11 is 0. The van der Waals surface area contributed by atoms with Gasteiger partial charge in [0.1, 0.15) is 30.2 Å². The molecule has 25 heavy (non-hydrogen) atoms. The van der Waals surface area contributed by atoms with Crippen LogP contribution in [0.15, 0.2) is 24.3 Å². The summed E-state index contributed by atoms with van der Waals surface area (Å²) in [5.41, 5.74) is 0.994. The number of aliphatic hydroxyl groups excluding tert-OH is 1. The van der Waals surface area contributed by atoms with Gasteiger partial charge >= 0.3 is 0 Å². The Hall–Kier alpha value is -1.22. The topological polar surface area (TPSA) is 75.6 Å². The van der Waals surface area contributed by atoms with Crippen molar-refractivity contribution in [2.75, 3.05) is 20.8 Å². The minimum absolute atomic E-state index is 0.167. The standard InChI is InChI=1S/C18H26O7/c1-18(2)24-15-14(13(9-19)21-4)23-17(16(15)25-18)22-10-11-5-7-12(20-3)8-6-11/h5-8,13-17,19H,9-10H2,1-4H3/t13-,14-,15+,16+,17+/m1/s1. The van der Waals surface area contributed by atoms with Crippen molar-refractivity contribution in [3.8, 4) is 5.75 Å². The fraction of sp³-hybridized carbons (Fsp3) is 0.667. The second kappa shape index (κ2) is 7.57. The maximum Gasteiger partial charge on any atom is 0.187 e. The average molecular weight is 354 g/mol. The number of rotatable bonds is 7. The Labute approximate surface area is 147 Å². The normalized spacial score (nSPS) is 31.7. The summed E-state index contributed by atoms with van der Waals surface area (Å²) in [4.78, 5) is 0. The van der Waals surface area contributed by atoms with Crippen molar-refractivity contribution < 1.29 is 33.5 Å². The van der Waals surface area contributed by atoms with E-state index in [1.807, 2.05) is 38.1 Å². The first-order valence-electron chi connectivity index (χ1n) is 8.36. The number of methoxy groups -OCH3 is 2. The van der Waals surface area contributed by atoms with Gasteiger partial charge in [-0.2, -0.15) is 0 Å². The van der Waals surface area contributed by atoms with Crippen molar-refractivity contribution in [2.45, 2.75) is 56.9 Å². The van der Waals surface area contributed by atoms with Crippen molar-refractivity contribution in [1.82, 2.24) is 0 Å². The zero-order chi connectivity index (χ0) is 18.0. The van der Waals surface area contributed by atoms with Gasteiger partial charge in [0, 0.05) is 7.11 Å². The van der Waals surface area contributed by atoms with Gasteiger partial charge < -0.3 is 33.5 Å². The SMILES string of the molecule is COc1ccc(CO[C@H]2O[C@H]([C@@H](CO)OC)[C@@H]3OC(C)(C)O[C@H]23)cc1. The molecule has 0 spiro atoms. The zero-order valence-electron chi connectivity index (χ0n) is 15.0. The molecule has 0 amide bonds. The molecule has 140 valence electrons. The number of hydrogen-bond acceptors (Lipinski definition) is 7. The van der Waals surface area contributed by atoms with Crippen molar-refractivity contribution in [3.05, 3.63) is 29.8 Å². The summed E-state index contributed by atoms with van der Waals surface area (Å²) < 4.78 is 34.3. The molecule has 0 aliphatic carbocycles. The average Bonchev–Trinajstić information content (AvgIpc) is 3.08. The van der Waals surface area contributed by atoms with Gasteiger partial charge in [-0.1, -0.05) is 12.1 Å². The Kier molecular flexibility index (Phi) is 5.62. The second-order valence-corrected chi connectivity index (χ2v) is 6.65. The molecule has 7 heteroatoms. The molecule has 1 aromatic carbocycles. The lowest BCUT2D eigenvalue weighted by Crippen LogP contribution is -2.41. The van der Waals surface area contributed by atoms with E-state index in [4.69, 9.17) is 28.4 Å². The molecule has 7 nitrogen and oxygen atoms in total. The molecule has 2 saturated heterocycles. The second-order valence-electron chi connectivity index (χ2n) is 6.65. The van der Waals surface area contributed by atoms with Crippen LogP contribution in [-0.4, -0.2) is 62.4 Å². The van der Waals surface area contributed by atoms with Crippen LogP contribution in [0.4, 0.5) is 0 Å². The molecule has 1 aromatic rings. The molecule has 0 unspecified atom stereocenters. The molecular weight excluding hydrogens is 328 g/mol. The first-order valence-corrected chi connectivity index (χ1v) is 8.36. The van der Waals surface area contributed by atoms with Crippen molar-refractivity contribution in [1.29, 1.82) is 0 Å². The molecule has 2 aliphatic rings. The monoisotopic (exact) mass is 354 g/mol. The quantitative estimate of drug-likeness (QED) is 0.794. The minimum Gasteiger partial charge on any atom is -0.497 e. The molecule has 5 atom stereocenters. The van der Waals surface area contributed by atoms with Crippen LogP contribution < -0.4 is 4.74 Å². The van der Waals surface area contributed by atoms with E-state index in [1.165, 1.54) is 7.11 Å². The van der Waals surface area contributed by atoms with Crippen LogP contribution in [0, 0.1) is 0 Å². The van der Waals surface area contributed by atoms with Gasteiger partial charge in [0.05, 0.1) is 20.3 Å². The summed E-state index contributed by atoms with van der Waals surface area (Å²) in [6.07, 6.45) is -2.28. The summed E-state index contributed by atoms with van der Waals surface area (Å²) in [6.45, 7) is 3.90. The fourth-order valence-corrected chi connectivity index (χ4v) is 3.24. The third kappa shape index (κ3) is 3.97. The molecule has 2 heterocycles. The highest BCUT2D eigenvalue weighted by molar-refractivity contribution is 5.26. The van der Waals surface area contributed by atoms with E-state index in [9.17, 15) is 5.11 Å². The van der Waals surface area contributed by atoms with Gasteiger partial charge in [-0.05, 0) is 31.5 Å². The Balaban J connectivity index is 1.67. The maximum atomic E-state index is 9.53. The molecule has 0 aromatic heterocycles. The molecule has 2 aliphatic heterocycles. The Morgan fingerprint density at radius 3 is 2.40 bits per heavy atom. The van der Waals surface area contributed by atoms with Gasteiger partial charge in [-0.3, -0.25) is 0 Å². The maximum absolute atomic E-state index is 9.53. The number of fused-ring (bicyclic) bond motifs is 1. The molecule has 0 radical (unpaired) electrons. The fourth-order valence-electron chi connectivity index (χ4n) is 3.24. The molecular formula is C18H26O7. The van der Waals surface area contributed by atoms with Crippen LogP contribution in [-0.2, 0) is 30.3 Å². The number of aliphatic hydroxyl groups is 1. The van der Waals surface area contributed by atoms with Gasteiger partial charge in [0.15, 0.2) is 12.1 Å². The summed E-state index contributed by atoms with van der Waals surface area (Å²) in [7, 11) is 3.16. The number of hydrogen-bond donors (Lipinski definition) is 1. The van der Waals surface area contributed by atoms with Crippen molar-refractivity contribution in [2.24, 2.45) is 0 Å². The predicted octanol–water partition coefficient (Wildman–Crippen LogP) is 1.46. The molecule has 3 rings (SSSR count). The first-order chi connectivity index (χ1) is 12.0. The highest BCUT2D eigenvalue weighted by Crippen LogP contribution is 2.40. The first kappa shape index (κ1) is 18.6. The molecule has 1 N–H and O–H groups in total. The van der Waals surface area contributed by atoms with Crippen LogP contribution in [0.5, 0.6) is 5.75 Å². The van der Waals surface area contributed by atoms with Crippen LogP contribution in [0.25, 0.3) is 0 Å². The van der Waals surface area contributed by atoms with Crippen LogP contribution in [0.2, 0.25) is 0 Å². The highest BCUT2D eigenvalue weighted by Gasteiger charge is 2.57. The smallest absolute Gasteiger partial charge is 0.187 e. The van der Waals surface area contributed by atoms with Crippen molar-refractivity contribution in [3.63, 3.8) is 0 Å². The van der Waals surface area contributed by atoms with Crippen molar-refractivity contribution >= 4 is 0 Å². The Morgan fingerprint density at radius 1 is 1.12 bits per heavy atom. The van der Waals surface area contributed by atoms with Gasteiger partial charge in [0.25, 0.3) is 0 Å². The predicted molar refractivity (Wildman–Crippen MR) is 88.2 cm³/mol. The van der Waals surface area contributed by atoms with E-state index in [-0.39, 0.29) is 18.8 Å². The third-order valence-corrected chi connectivity index (χ3v) is 4.47. The highest BCUT2D eigenvalue weighted by atomic mass is 16.8. The number of benzene rings is 1. The van der Waals surface area contributed by atoms with E-state index in [2.05, 4.69) is 0 Å². The molecule has 0 saturated carbocycles. The van der Waals surface area contributed by atoms with E-state index in [0.29, 0.717) is 6.61 Å². The van der Waals surface area contributed by atoms with Crippen LogP contribution in [0.3, 0.4) is 0 Å². The van der Waals surface area contributed by atoms with Gasteiger partial charge in [-0.25, -0.2) is 0 Å². The minimum atomic E-state index is -0.729. The molecule has 2 fully saturated rings. The summed E-state index contributed by atoms with van der Waals surface area (Å²) in [6, 6.07) is 7.63. The summed E-state index contributed by atoms with van der Waals surface area (Å²) in [5.74, 6) is 0.0634. The van der Waals surface area contributed by atoms with Crippen LogP contribution in [0.1, 0.15) is 19.4 Å². The molecule has 0 bridgehead atoms. The third-order valence-electron chi connectivity index (χ3n) is 4.47.